The highest BCUT2D eigenvalue weighted by atomic mass is 16.5. The van der Waals surface area contributed by atoms with Gasteiger partial charge in [0.05, 0.1) is 13.5 Å². The molecule has 2 amide bonds. The van der Waals surface area contributed by atoms with Gasteiger partial charge in [-0.05, 0) is 48.6 Å². The van der Waals surface area contributed by atoms with Gasteiger partial charge in [-0.25, -0.2) is 0 Å². The van der Waals surface area contributed by atoms with Gasteiger partial charge in [-0.1, -0.05) is 30.3 Å². The summed E-state index contributed by atoms with van der Waals surface area (Å²) in [6.07, 6.45) is 2.81. The van der Waals surface area contributed by atoms with Gasteiger partial charge in [0.1, 0.15) is 5.75 Å². The number of hydrogen-bond donors (Lipinski definition) is 0. The Bertz CT molecular complexity index is 854. The number of benzene rings is 2. The van der Waals surface area contributed by atoms with Crippen molar-refractivity contribution in [3.63, 3.8) is 0 Å². The van der Waals surface area contributed by atoms with Crippen molar-refractivity contribution in [2.24, 2.45) is 5.92 Å². The van der Waals surface area contributed by atoms with Crippen LogP contribution in [-0.4, -0.2) is 43.5 Å². The number of nitrogens with zero attached hydrogens (tertiary/aromatic N) is 2. The Morgan fingerprint density at radius 1 is 1.00 bits per heavy atom. The molecule has 0 radical (unpaired) electrons. The van der Waals surface area contributed by atoms with Gasteiger partial charge in [0, 0.05) is 31.2 Å². The minimum Gasteiger partial charge on any atom is -0.497 e. The predicted octanol–water partition coefficient (Wildman–Crippen LogP) is 3.07. The van der Waals surface area contributed by atoms with Crippen LogP contribution in [0.3, 0.4) is 0 Å². The van der Waals surface area contributed by atoms with Crippen molar-refractivity contribution in [2.45, 2.75) is 25.7 Å². The molecule has 0 aliphatic carbocycles. The molecule has 5 heteroatoms. The molecule has 0 saturated carbocycles. The number of para-hydroxylation sites is 1. The average molecular weight is 378 g/mol. The number of carbonyl (C=O) groups is 2. The summed E-state index contributed by atoms with van der Waals surface area (Å²) in [4.78, 5) is 29.5. The number of carbonyl (C=O) groups excluding carboxylic acids is 2. The molecule has 146 valence electrons. The number of ether oxygens (including phenoxy) is 1. The molecule has 1 saturated heterocycles. The van der Waals surface area contributed by atoms with E-state index >= 15 is 0 Å². The van der Waals surface area contributed by atoms with E-state index in [0.29, 0.717) is 19.5 Å². The number of anilines is 1. The lowest BCUT2D eigenvalue weighted by Gasteiger charge is -2.33. The summed E-state index contributed by atoms with van der Waals surface area (Å²) in [5.74, 6) is 1.14. The van der Waals surface area contributed by atoms with Gasteiger partial charge in [0.2, 0.25) is 11.8 Å². The van der Waals surface area contributed by atoms with Crippen molar-refractivity contribution in [2.75, 3.05) is 31.6 Å². The Labute approximate surface area is 165 Å². The van der Waals surface area contributed by atoms with Gasteiger partial charge in [-0.3, -0.25) is 9.59 Å². The van der Waals surface area contributed by atoms with Crippen molar-refractivity contribution >= 4 is 17.5 Å². The molecule has 0 atom stereocenters. The highest BCUT2D eigenvalue weighted by Gasteiger charge is 2.33. The van der Waals surface area contributed by atoms with Gasteiger partial charge >= 0.3 is 0 Å². The van der Waals surface area contributed by atoms with E-state index in [1.807, 2.05) is 52.3 Å². The topological polar surface area (TPSA) is 49.9 Å². The number of rotatable bonds is 4. The number of amides is 2. The van der Waals surface area contributed by atoms with Crippen molar-refractivity contribution in [1.29, 1.82) is 0 Å². The van der Waals surface area contributed by atoms with Gasteiger partial charge in [0.25, 0.3) is 0 Å². The Kier molecular flexibility index (Phi) is 5.33. The lowest BCUT2D eigenvalue weighted by atomic mass is 9.94. The van der Waals surface area contributed by atoms with Crippen LogP contribution >= 0.6 is 0 Å². The first-order valence-electron chi connectivity index (χ1n) is 9.95. The van der Waals surface area contributed by atoms with Crippen molar-refractivity contribution in [3.05, 3.63) is 59.7 Å². The Hall–Kier alpha value is -2.82. The smallest absolute Gasteiger partial charge is 0.230 e. The first kappa shape index (κ1) is 18.5. The first-order chi connectivity index (χ1) is 13.7. The number of piperidine rings is 1. The monoisotopic (exact) mass is 378 g/mol. The summed E-state index contributed by atoms with van der Waals surface area (Å²) in [5.41, 5.74) is 3.30. The standard InChI is InChI=1S/C23H26N2O3/c1-28-20-8-6-17(7-9-20)16-22(26)24-13-10-19(11-14-24)23(27)25-15-12-18-4-2-3-5-21(18)25/h2-9,19H,10-16H2,1H3. The maximum Gasteiger partial charge on any atom is 0.230 e. The Morgan fingerprint density at radius 2 is 1.71 bits per heavy atom. The zero-order chi connectivity index (χ0) is 19.5. The van der Waals surface area contributed by atoms with E-state index in [1.54, 1.807) is 7.11 Å². The molecule has 1 fully saturated rings. The third kappa shape index (κ3) is 3.75. The predicted molar refractivity (Wildman–Crippen MR) is 109 cm³/mol. The Balaban J connectivity index is 1.31. The van der Waals surface area contributed by atoms with Crippen molar-refractivity contribution < 1.29 is 14.3 Å². The molecule has 0 aromatic heterocycles. The molecule has 5 nitrogen and oxygen atoms in total. The molecule has 2 aromatic rings. The lowest BCUT2D eigenvalue weighted by molar-refractivity contribution is -0.134. The van der Waals surface area contributed by atoms with Crippen LogP contribution in [0.4, 0.5) is 5.69 Å². The SMILES string of the molecule is COc1ccc(CC(=O)N2CCC(C(=O)N3CCc4ccccc43)CC2)cc1. The summed E-state index contributed by atoms with van der Waals surface area (Å²) in [7, 11) is 1.63. The number of methoxy groups -OCH3 is 1. The van der Waals surface area contributed by atoms with E-state index in [1.165, 1.54) is 5.56 Å². The summed E-state index contributed by atoms with van der Waals surface area (Å²) >= 11 is 0. The summed E-state index contributed by atoms with van der Waals surface area (Å²) in [6, 6.07) is 15.8. The molecule has 0 bridgehead atoms. The van der Waals surface area contributed by atoms with Crippen molar-refractivity contribution in [3.8, 4) is 5.75 Å². The largest absolute Gasteiger partial charge is 0.497 e. The summed E-state index contributed by atoms with van der Waals surface area (Å²) in [5, 5.41) is 0. The quantitative estimate of drug-likeness (QED) is 0.822. The van der Waals surface area contributed by atoms with E-state index < -0.39 is 0 Å². The van der Waals surface area contributed by atoms with Gasteiger partial charge < -0.3 is 14.5 Å². The number of hydrogen-bond acceptors (Lipinski definition) is 3. The minimum absolute atomic E-state index is 0.0104. The van der Waals surface area contributed by atoms with Crippen molar-refractivity contribution in [1.82, 2.24) is 4.90 Å². The molecular weight excluding hydrogens is 352 g/mol. The summed E-state index contributed by atoms with van der Waals surface area (Å²) in [6.45, 7) is 2.08. The van der Waals surface area contributed by atoms with Crippen LogP contribution in [-0.2, 0) is 22.4 Å². The van der Waals surface area contributed by atoms with Crippen LogP contribution in [0.15, 0.2) is 48.5 Å². The van der Waals surface area contributed by atoms with Crippen LogP contribution in [0.5, 0.6) is 5.75 Å². The van der Waals surface area contributed by atoms with Crippen LogP contribution in [0.1, 0.15) is 24.0 Å². The van der Waals surface area contributed by atoms with Gasteiger partial charge in [0.15, 0.2) is 0 Å². The van der Waals surface area contributed by atoms with Gasteiger partial charge in [-0.2, -0.15) is 0 Å². The molecule has 0 unspecified atom stereocenters. The minimum atomic E-state index is 0.0104. The average Bonchev–Trinajstić information content (AvgIpc) is 3.18. The highest BCUT2D eigenvalue weighted by Crippen LogP contribution is 2.31. The molecule has 2 heterocycles. The lowest BCUT2D eigenvalue weighted by Crippen LogP contribution is -2.44. The molecule has 2 aliphatic rings. The Morgan fingerprint density at radius 3 is 2.43 bits per heavy atom. The molecule has 0 N–H and O–H groups in total. The molecule has 2 aliphatic heterocycles. The number of likely N-dealkylation sites (tertiary alicyclic amines) is 1. The maximum atomic E-state index is 13.0. The van der Waals surface area contributed by atoms with E-state index in [4.69, 9.17) is 4.74 Å². The third-order valence-corrected chi connectivity index (χ3v) is 5.86. The molecule has 0 spiro atoms. The van der Waals surface area contributed by atoms with Gasteiger partial charge in [-0.15, -0.1) is 0 Å². The second kappa shape index (κ2) is 8.05. The fraction of sp³-hybridized carbons (Fsp3) is 0.391. The summed E-state index contributed by atoms with van der Waals surface area (Å²) < 4.78 is 5.16. The third-order valence-electron chi connectivity index (χ3n) is 5.86. The zero-order valence-corrected chi connectivity index (χ0v) is 16.3. The fourth-order valence-electron chi connectivity index (χ4n) is 4.19. The number of fused-ring (bicyclic) bond motifs is 1. The second-order valence-electron chi connectivity index (χ2n) is 7.55. The molecule has 28 heavy (non-hydrogen) atoms. The first-order valence-corrected chi connectivity index (χ1v) is 9.95. The van der Waals surface area contributed by atoms with E-state index in [0.717, 1.165) is 42.8 Å². The second-order valence-corrected chi connectivity index (χ2v) is 7.55. The highest BCUT2D eigenvalue weighted by molar-refractivity contribution is 5.97. The normalized spacial score (nSPS) is 16.8. The van der Waals surface area contributed by atoms with Crippen LogP contribution in [0, 0.1) is 5.92 Å². The molecule has 2 aromatic carbocycles. The van der Waals surface area contributed by atoms with Crippen LogP contribution in [0.25, 0.3) is 0 Å². The van der Waals surface area contributed by atoms with E-state index in [-0.39, 0.29) is 17.7 Å². The van der Waals surface area contributed by atoms with E-state index in [9.17, 15) is 9.59 Å². The van der Waals surface area contributed by atoms with E-state index in [2.05, 4.69) is 6.07 Å². The zero-order valence-electron chi connectivity index (χ0n) is 16.3. The fourth-order valence-corrected chi connectivity index (χ4v) is 4.19. The molecule has 4 rings (SSSR count). The molecular formula is C23H26N2O3. The van der Waals surface area contributed by atoms with Crippen LogP contribution in [0.2, 0.25) is 0 Å². The maximum absolute atomic E-state index is 13.0. The van der Waals surface area contributed by atoms with Crippen LogP contribution < -0.4 is 9.64 Å².